The summed E-state index contributed by atoms with van der Waals surface area (Å²) in [5.74, 6) is -1.09. The number of hydrogen-bond donors (Lipinski definition) is 3. The van der Waals surface area contributed by atoms with Crippen LogP contribution >= 0.6 is 11.8 Å². The van der Waals surface area contributed by atoms with Crippen molar-refractivity contribution in [3.8, 4) is 0 Å². The minimum absolute atomic E-state index is 0.0879. The van der Waals surface area contributed by atoms with Crippen molar-refractivity contribution in [3.63, 3.8) is 0 Å². The molecule has 0 saturated carbocycles. The molecule has 0 radical (unpaired) electrons. The first-order valence-corrected chi connectivity index (χ1v) is 9.00. The van der Waals surface area contributed by atoms with Gasteiger partial charge in [0.1, 0.15) is 0 Å². The first-order valence-electron chi connectivity index (χ1n) is 7.78. The van der Waals surface area contributed by atoms with E-state index in [4.69, 9.17) is 5.11 Å². The summed E-state index contributed by atoms with van der Waals surface area (Å²) in [6, 6.07) is 6.20. The van der Waals surface area contributed by atoms with Crippen LogP contribution in [0.1, 0.15) is 33.1 Å². The van der Waals surface area contributed by atoms with Gasteiger partial charge in [0, 0.05) is 17.0 Å². The second-order valence-electron chi connectivity index (χ2n) is 5.87. The molecular weight excluding hydrogens is 328 g/mol. The van der Waals surface area contributed by atoms with Crippen LogP contribution in [0.5, 0.6) is 0 Å². The normalized spacial score (nSPS) is 11.8. The zero-order valence-electron chi connectivity index (χ0n) is 14.2. The lowest BCUT2D eigenvalue weighted by atomic mass is 9.98. The summed E-state index contributed by atoms with van der Waals surface area (Å²) in [6.45, 7) is 3.89. The van der Waals surface area contributed by atoms with E-state index in [0.29, 0.717) is 12.1 Å². The number of carboxylic acids is 1. The molecule has 1 aromatic carbocycles. The molecule has 3 N–H and O–H groups in total. The third kappa shape index (κ3) is 7.50. The largest absolute Gasteiger partial charge is 0.481 e. The molecule has 0 aliphatic heterocycles. The predicted octanol–water partition coefficient (Wildman–Crippen LogP) is 3.38. The van der Waals surface area contributed by atoms with E-state index in [1.807, 2.05) is 32.2 Å². The van der Waals surface area contributed by atoms with E-state index in [0.717, 1.165) is 4.90 Å². The summed E-state index contributed by atoms with van der Waals surface area (Å²) in [6.07, 6.45) is 2.12. The number of amides is 2. The molecule has 0 aromatic heterocycles. The fourth-order valence-corrected chi connectivity index (χ4v) is 2.55. The Labute approximate surface area is 146 Å². The molecule has 0 fully saturated rings. The molecule has 1 atom stereocenters. The number of benzene rings is 1. The Hall–Kier alpha value is -2.02. The van der Waals surface area contributed by atoms with E-state index < -0.39 is 18.0 Å². The Bertz CT molecular complexity index is 572. The Balaban J connectivity index is 2.64. The number of carbonyl (C=O) groups is 3. The summed E-state index contributed by atoms with van der Waals surface area (Å²) >= 11 is 1.60. The molecule has 7 heteroatoms. The smallest absolute Gasteiger partial charge is 0.319 e. The Morgan fingerprint density at radius 2 is 1.75 bits per heavy atom. The van der Waals surface area contributed by atoms with Gasteiger partial charge in [-0.3, -0.25) is 9.59 Å². The number of rotatable bonds is 9. The van der Waals surface area contributed by atoms with Gasteiger partial charge >= 0.3 is 12.0 Å². The highest BCUT2D eigenvalue weighted by Crippen LogP contribution is 2.17. The van der Waals surface area contributed by atoms with Crippen LogP contribution in [0, 0.1) is 5.92 Å². The summed E-state index contributed by atoms with van der Waals surface area (Å²) in [5, 5.41) is 14.0. The Morgan fingerprint density at radius 1 is 1.12 bits per heavy atom. The molecule has 1 aromatic rings. The standard InChI is InChI=1S/C17H24N2O4S/c1-11(2)10-14(15(20)8-9-16(21)22)19-17(23)18-12-4-6-13(24-3)7-5-12/h4-7,11,14H,8-10H2,1-3H3,(H,21,22)(H2,18,19,23)/t14-/m0/s1. The van der Waals surface area contributed by atoms with Crippen molar-refractivity contribution in [2.45, 2.75) is 44.0 Å². The maximum atomic E-state index is 12.1. The molecule has 0 heterocycles. The van der Waals surface area contributed by atoms with Gasteiger partial charge in [0.25, 0.3) is 0 Å². The minimum atomic E-state index is -1.02. The highest BCUT2D eigenvalue weighted by atomic mass is 32.2. The zero-order valence-corrected chi connectivity index (χ0v) is 15.0. The lowest BCUT2D eigenvalue weighted by Gasteiger charge is -2.19. The second kappa shape index (κ2) is 9.97. The maximum Gasteiger partial charge on any atom is 0.319 e. The number of aliphatic carboxylic acids is 1. The van der Waals surface area contributed by atoms with Crippen LogP contribution in [0.25, 0.3) is 0 Å². The Kier molecular flexibility index (Phi) is 8.32. The molecule has 132 valence electrons. The van der Waals surface area contributed by atoms with Crippen molar-refractivity contribution in [1.29, 1.82) is 0 Å². The van der Waals surface area contributed by atoms with E-state index in [2.05, 4.69) is 10.6 Å². The van der Waals surface area contributed by atoms with Crippen LogP contribution in [0.3, 0.4) is 0 Å². The third-order valence-electron chi connectivity index (χ3n) is 3.33. The van der Waals surface area contributed by atoms with Crippen LogP contribution in [-0.4, -0.2) is 35.2 Å². The number of nitrogens with one attached hydrogen (secondary N) is 2. The molecule has 0 saturated heterocycles. The van der Waals surface area contributed by atoms with E-state index in [1.165, 1.54) is 0 Å². The number of carboxylic acid groups (broad SMARTS) is 1. The van der Waals surface area contributed by atoms with Gasteiger partial charge in [-0.15, -0.1) is 11.8 Å². The number of urea groups is 1. The molecule has 0 spiro atoms. The van der Waals surface area contributed by atoms with Crippen molar-refractivity contribution in [2.75, 3.05) is 11.6 Å². The predicted molar refractivity (Wildman–Crippen MR) is 95.5 cm³/mol. The van der Waals surface area contributed by atoms with Gasteiger partial charge in [0.15, 0.2) is 5.78 Å². The molecule has 1 rings (SSSR count). The quantitative estimate of drug-likeness (QED) is 0.592. The van der Waals surface area contributed by atoms with Crippen molar-refractivity contribution in [1.82, 2.24) is 5.32 Å². The molecule has 24 heavy (non-hydrogen) atoms. The van der Waals surface area contributed by atoms with Crippen LogP contribution in [0.2, 0.25) is 0 Å². The van der Waals surface area contributed by atoms with Gasteiger partial charge in [-0.25, -0.2) is 4.79 Å². The topological polar surface area (TPSA) is 95.5 Å². The highest BCUT2D eigenvalue weighted by molar-refractivity contribution is 7.98. The number of carbonyl (C=O) groups excluding carboxylic acids is 2. The number of Topliss-reactive ketones (excluding diaryl/α,β-unsaturated/α-hetero) is 1. The fourth-order valence-electron chi connectivity index (χ4n) is 2.15. The summed E-state index contributed by atoms with van der Waals surface area (Å²) in [4.78, 5) is 35.9. The highest BCUT2D eigenvalue weighted by Gasteiger charge is 2.22. The first-order chi connectivity index (χ1) is 11.3. The van der Waals surface area contributed by atoms with E-state index in [1.54, 1.807) is 23.9 Å². The molecule has 0 unspecified atom stereocenters. The van der Waals surface area contributed by atoms with E-state index in [9.17, 15) is 14.4 Å². The van der Waals surface area contributed by atoms with Crippen LogP contribution < -0.4 is 10.6 Å². The van der Waals surface area contributed by atoms with E-state index >= 15 is 0 Å². The first kappa shape index (κ1) is 20.0. The molecule has 2 amide bonds. The average molecular weight is 352 g/mol. The molecule has 0 aliphatic carbocycles. The van der Waals surface area contributed by atoms with Crippen molar-refractivity contribution >= 4 is 35.2 Å². The lowest BCUT2D eigenvalue weighted by Crippen LogP contribution is -2.43. The Morgan fingerprint density at radius 3 is 2.25 bits per heavy atom. The number of hydrogen-bond acceptors (Lipinski definition) is 4. The van der Waals surface area contributed by atoms with Gasteiger partial charge < -0.3 is 15.7 Å². The molecule has 0 bridgehead atoms. The molecule has 6 nitrogen and oxygen atoms in total. The van der Waals surface area contributed by atoms with Crippen molar-refractivity contribution < 1.29 is 19.5 Å². The van der Waals surface area contributed by atoms with Gasteiger partial charge in [0.05, 0.1) is 12.5 Å². The second-order valence-corrected chi connectivity index (χ2v) is 6.75. The van der Waals surface area contributed by atoms with Gasteiger partial charge in [-0.2, -0.15) is 0 Å². The van der Waals surface area contributed by atoms with Crippen LogP contribution in [-0.2, 0) is 9.59 Å². The molecule has 0 aliphatic rings. The minimum Gasteiger partial charge on any atom is -0.481 e. The monoisotopic (exact) mass is 352 g/mol. The van der Waals surface area contributed by atoms with Gasteiger partial charge in [-0.1, -0.05) is 13.8 Å². The SMILES string of the molecule is CSc1ccc(NC(=O)N[C@@H](CC(C)C)C(=O)CCC(=O)O)cc1. The van der Waals surface area contributed by atoms with Crippen LogP contribution in [0.15, 0.2) is 29.2 Å². The van der Waals surface area contributed by atoms with Crippen LogP contribution in [0.4, 0.5) is 10.5 Å². The maximum absolute atomic E-state index is 12.1. The lowest BCUT2D eigenvalue weighted by molar-refractivity contribution is -0.138. The molecular formula is C17H24N2O4S. The average Bonchev–Trinajstić information content (AvgIpc) is 2.52. The fraction of sp³-hybridized carbons (Fsp3) is 0.471. The van der Waals surface area contributed by atoms with E-state index in [-0.39, 0.29) is 24.5 Å². The van der Waals surface area contributed by atoms with Gasteiger partial charge in [-0.05, 0) is 42.9 Å². The summed E-state index contributed by atoms with van der Waals surface area (Å²) < 4.78 is 0. The van der Waals surface area contributed by atoms with Crippen molar-refractivity contribution in [3.05, 3.63) is 24.3 Å². The summed E-state index contributed by atoms with van der Waals surface area (Å²) in [5.41, 5.74) is 0.631. The van der Waals surface area contributed by atoms with Crippen molar-refractivity contribution in [2.24, 2.45) is 5.92 Å². The number of thioether (sulfide) groups is 1. The third-order valence-corrected chi connectivity index (χ3v) is 4.08. The summed E-state index contributed by atoms with van der Waals surface area (Å²) in [7, 11) is 0. The van der Waals surface area contributed by atoms with Gasteiger partial charge in [0.2, 0.25) is 0 Å². The number of ketones is 1. The zero-order chi connectivity index (χ0) is 18.1. The number of anilines is 1.